The minimum Gasteiger partial charge on any atom is -0.493 e. The Bertz CT molecular complexity index is 820. The van der Waals surface area contributed by atoms with Gasteiger partial charge in [-0.05, 0) is 45.1 Å². The molecule has 1 fully saturated rings. The van der Waals surface area contributed by atoms with Gasteiger partial charge >= 0.3 is 0 Å². The van der Waals surface area contributed by atoms with E-state index in [1.807, 2.05) is 14.1 Å². The summed E-state index contributed by atoms with van der Waals surface area (Å²) in [5.41, 5.74) is 0. The molecule has 124 valence electrons. The van der Waals surface area contributed by atoms with E-state index in [-0.39, 0.29) is 16.8 Å². The molecular weight excluding hydrogens is 314 g/mol. The first kappa shape index (κ1) is 16.2. The lowest BCUT2D eigenvalue weighted by molar-refractivity contribution is 0.190. The van der Waals surface area contributed by atoms with Crippen LogP contribution in [-0.2, 0) is 10.0 Å². The molecule has 0 radical (unpaired) electrons. The van der Waals surface area contributed by atoms with E-state index in [0.717, 1.165) is 12.8 Å². The average Bonchev–Trinajstić information content (AvgIpc) is 2.55. The Morgan fingerprint density at radius 2 is 2.04 bits per heavy atom. The number of likely N-dealkylation sites (N-methyl/N-ethyl adjacent to an activating group) is 1. The fourth-order valence-corrected chi connectivity index (χ4v) is 4.81. The van der Waals surface area contributed by atoms with Gasteiger partial charge in [0.05, 0.1) is 4.90 Å². The summed E-state index contributed by atoms with van der Waals surface area (Å²) >= 11 is 0. The molecule has 1 N–H and O–H groups in total. The summed E-state index contributed by atoms with van der Waals surface area (Å²) in [4.78, 5) is 6.12. The number of rotatable bonds is 3. The summed E-state index contributed by atoms with van der Waals surface area (Å²) in [6.07, 6.45) is 3.27. The third-order valence-corrected chi connectivity index (χ3v) is 6.38. The smallest absolute Gasteiger partial charge is 0.243 e. The number of sulfonamides is 1. The van der Waals surface area contributed by atoms with Crippen LogP contribution in [0.3, 0.4) is 0 Å². The topological polar surface area (TPSA) is 73.7 Å². The Morgan fingerprint density at radius 1 is 1.26 bits per heavy atom. The summed E-state index contributed by atoms with van der Waals surface area (Å²) in [6, 6.07) is 6.77. The molecule has 1 aliphatic heterocycles. The summed E-state index contributed by atoms with van der Waals surface area (Å²) in [5, 5.41) is 10.8. The van der Waals surface area contributed by atoms with Crippen LogP contribution in [0.25, 0.3) is 10.8 Å². The van der Waals surface area contributed by atoms with Crippen LogP contribution in [0.4, 0.5) is 0 Å². The normalized spacial score (nSPS) is 20.2. The highest BCUT2D eigenvalue weighted by Gasteiger charge is 2.32. The van der Waals surface area contributed by atoms with Crippen molar-refractivity contribution in [1.82, 2.24) is 14.2 Å². The van der Waals surface area contributed by atoms with Gasteiger partial charge < -0.3 is 10.0 Å². The molecule has 0 bridgehead atoms. The van der Waals surface area contributed by atoms with Gasteiger partial charge in [-0.1, -0.05) is 6.07 Å². The highest BCUT2D eigenvalue weighted by molar-refractivity contribution is 7.89. The largest absolute Gasteiger partial charge is 0.493 e. The highest BCUT2D eigenvalue weighted by atomic mass is 32.2. The number of nitrogens with zero attached hydrogens (tertiary/aromatic N) is 3. The van der Waals surface area contributed by atoms with Gasteiger partial charge in [-0.15, -0.1) is 0 Å². The second-order valence-corrected chi connectivity index (χ2v) is 8.01. The first-order valence-corrected chi connectivity index (χ1v) is 9.08. The van der Waals surface area contributed by atoms with Crippen LogP contribution in [-0.4, -0.2) is 60.9 Å². The van der Waals surface area contributed by atoms with Crippen LogP contribution in [0.5, 0.6) is 5.88 Å². The molecule has 3 rings (SSSR count). The van der Waals surface area contributed by atoms with Crippen LogP contribution in [0, 0.1) is 0 Å². The first-order valence-electron chi connectivity index (χ1n) is 7.64. The fourth-order valence-electron chi connectivity index (χ4n) is 3.09. The Hall–Kier alpha value is -1.70. The van der Waals surface area contributed by atoms with Crippen molar-refractivity contribution in [3.05, 3.63) is 30.5 Å². The molecule has 2 heterocycles. The molecule has 0 amide bonds. The number of aromatic nitrogens is 1. The molecular formula is C16H21N3O3S. The van der Waals surface area contributed by atoms with Gasteiger partial charge in [0.1, 0.15) is 0 Å². The fraction of sp³-hybridized carbons (Fsp3) is 0.438. The van der Waals surface area contributed by atoms with E-state index in [1.165, 1.54) is 6.20 Å². The molecule has 2 aromatic rings. The van der Waals surface area contributed by atoms with Gasteiger partial charge in [0, 0.05) is 36.1 Å². The quantitative estimate of drug-likeness (QED) is 0.923. The second-order valence-electron chi connectivity index (χ2n) is 6.11. The molecule has 7 heteroatoms. The molecule has 1 aromatic heterocycles. The van der Waals surface area contributed by atoms with Crippen LogP contribution >= 0.6 is 0 Å². The summed E-state index contributed by atoms with van der Waals surface area (Å²) in [5.74, 6) is -0.149. The summed E-state index contributed by atoms with van der Waals surface area (Å²) < 4.78 is 27.7. The van der Waals surface area contributed by atoms with Crippen LogP contribution < -0.4 is 0 Å². The van der Waals surface area contributed by atoms with Crippen LogP contribution in [0.15, 0.2) is 35.4 Å². The maximum absolute atomic E-state index is 13.1. The molecule has 1 aromatic carbocycles. The maximum atomic E-state index is 13.1. The van der Waals surface area contributed by atoms with E-state index >= 15 is 0 Å². The van der Waals surface area contributed by atoms with Crippen LogP contribution in [0.1, 0.15) is 12.8 Å². The Morgan fingerprint density at radius 3 is 2.78 bits per heavy atom. The van der Waals surface area contributed by atoms with Crippen LogP contribution in [0.2, 0.25) is 0 Å². The van der Waals surface area contributed by atoms with Gasteiger partial charge in [0.15, 0.2) is 0 Å². The second kappa shape index (κ2) is 6.07. The molecule has 6 nitrogen and oxygen atoms in total. The minimum absolute atomic E-state index is 0.149. The van der Waals surface area contributed by atoms with Crippen molar-refractivity contribution in [2.45, 2.75) is 23.8 Å². The van der Waals surface area contributed by atoms with E-state index in [9.17, 15) is 13.5 Å². The van der Waals surface area contributed by atoms with E-state index in [1.54, 1.807) is 28.6 Å². The number of aromatic hydroxyl groups is 1. The molecule has 0 spiro atoms. The lowest BCUT2D eigenvalue weighted by Gasteiger charge is -2.35. The van der Waals surface area contributed by atoms with Gasteiger partial charge in [-0.3, -0.25) is 0 Å². The summed E-state index contributed by atoms with van der Waals surface area (Å²) in [7, 11) is 0.345. The van der Waals surface area contributed by atoms with Crippen molar-refractivity contribution in [2.75, 3.05) is 27.2 Å². The number of piperidine rings is 1. The molecule has 23 heavy (non-hydrogen) atoms. The molecule has 1 atom stereocenters. The SMILES string of the molecule is CN(C)C1CCCN(S(=O)(=O)c2cccc3c(O)nccc23)C1. The van der Waals surface area contributed by atoms with Gasteiger partial charge in [-0.2, -0.15) is 4.31 Å². The van der Waals surface area contributed by atoms with Crippen molar-refractivity contribution in [3.63, 3.8) is 0 Å². The van der Waals surface area contributed by atoms with E-state index < -0.39 is 10.0 Å². The third kappa shape index (κ3) is 2.91. The molecule has 1 saturated heterocycles. The first-order chi connectivity index (χ1) is 10.9. The van der Waals surface area contributed by atoms with Crippen molar-refractivity contribution in [3.8, 4) is 5.88 Å². The van der Waals surface area contributed by atoms with Crippen molar-refractivity contribution >= 4 is 20.8 Å². The Balaban J connectivity index is 2.05. The summed E-state index contributed by atoms with van der Waals surface area (Å²) in [6.45, 7) is 1.02. The number of hydrogen-bond donors (Lipinski definition) is 1. The number of hydrogen-bond acceptors (Lipinski definition) is 5. The monoisotopic (exact) mass is 335 g/mol. The lowest BCUT2D eigenvalue weighted by atomic mass is 10.1. The Kier molecular flexibility index (Phi) is 4.27. The number of benzene rings is 1. The third-order valence-electron chi connectivity index (χ3n) is 4.45. The lowest BCUT2D eigenvalue weighted by Crippen LogP contribution is -2.47. The molecule has 1 unspecified atom stereocenters. The standard InChI is InChI=1S/C16H21N3O3S/c1-18(2)12-5-4-10-19(11-12)23(21,22)15-7-3-6-14-13(15)8-9-17-16(14)20/h3,6-9,12H,4-5,10-11H2,1-2H3,(H,17,20). The molecule has 1 aliphatic rings. The van der Waals surface area contributed by atoms with E-state index in [2.05, 4.69) is 9.88 Å². The maximum Gasteiger partial charge on any atom is 0.243 e. The number of pyridine rings is 1. The average molecular weight is 335 g/mol. The number of fused-ring (bicyclic) bond motifs is 1. The van der Waals surface area contributed by atoms with Gasteiger partial charge in [0.2, 0.25) is 15.9 Å². The predicted octanol–water partition coefficient (Wildman–Crippen LogP) is 1.66. The zero-order valence-electron chi connectivity index (χ0n) is 13.3. The van der Waals surface area contributed by atoms with Crippen molar-refractivity contribution in [2.24, 2.45) is 0 Å². The highest BCUT2D eigenvalue weighted by Crippen LogP contribution is 2.30. The van der Waals surface area contributed by atoms with Gasteiger partial charge in [-0.25, -0.2) is 13.4 Å². The zero-order valence-corrected chi connectivity index (χ0v) is 14.1. The molecule has 0 aliphatic carbocycles. The minimum atomic E-state index is -3.60. The van der Waals surface area contributed by atoms with Crippen molar-refractivity contribution < 1.29 is 13.5 Å². The Labute approximate surface area is 136 Å². The molecule has 0 saturated carbocycles. The predicted molar refractivity (Wildman–Crippen MR) is 88.9 cm³/mol. The van der Waals surface area contributed by atoms with Gasteiger partial charge in [0.25, 0.3) is 0 Å². The van der Waals surface area contributed by atoms with Crippen molar-refractivity contribution in [1.29, 1.82) is 0 Å². The zero-order chi connectivity index (χ0) is 16.6. The van der Waals surface area contributed by atoms with E-state index in [0.29, 0.717) is 23.9 Å². The van der Waals surface area contributed by atoms with E-state index in [4.69, 9.17) is 0 Å².